The van der Waals surface area contributed by atoms with Crippen LogP contribution < -0.4 is 26.7 Å². The number of carbonyl (C=O) groups excluding carboxylic acids is 2. The van der Waals surface area contributed by atoms with Gasteiger partial charge in [-0.05, 0) is 56.4 Å². The molecule has 3 amide bonds. The molecule has 0 saturated carbocycles. The monoisotopic (exact) mass is 433 g/mol. The number of aliphatic carboxylic acids is 1. The second-order valence-corrected chi connectivity index (χ2v) is 7.26. The molecule has 2 rings (SSSR count). The minimum absolute atomic E-state index is 0.141. The average molecular weight is 433 g/mol. The molecule has 1 aromatic heterocycles. The van der Waals surface area contributed by atoms with Gasteiger partial charge in [-0.2, -0.15) is 0 Å². The van der Waals surface area contributed by atoms with Crippen molar-refractivity contribution in [1.82, 2.24) is 10.6 Å². The first-order valence-corrected chi connectivity index (χ1v) is 9.80. The lowest BCUT2D eigenvalue weighted by Crippen LogP contribution is -2.42. The molecule has 10 nitrogen and oxygen atoms in total. The lowest BCUT2D eigenvalue weighted by molar-refractivity contribution is -0.142. The van der Waals surface area contributed by atoms with E-state index in [1.54, 1.807) is 19.1 Å². The number of methoxy groups -OCH3 is 1. The van der Waals surface area contributed by atoms with Crippen molar-refractivity contribution in [1.29, 1.82) is 0 Å². The molecule has 31 heavy (non-hydrogen) atoms. The minimum Gasteiger partial charge on any atom is -0.496 e. The Morgan fingerprint density at radius 2 is 1.94 bits per heavy atom. The van der Waals surface area contributed by atoms with E-state index in [0.29, 0.717) is 41.7 Å². The molecule has 2 aromatic rings. The number of nitrogens with two attached hydrogens (primary N) is 1. The standard InChI is InChI=1S/C21H27N3O7/c1-11-8-15(30-3)18-12(2)13(20(28)31-16(18)9-11)10-17(25)24-14(19(26)27)6-4-5-7-23-21(22)29/h8-9,14H,4-7,10H2,1-3H3,(H,24,25)(H,26,27)(H3,22,23,29)/t14-/m1/s1. The first kappa shape index (κ1) is 23.7. The Morgan fingerprint density at radius 3 is 2.55 bits per heavy atom. The Balaban J connectivity index is 2.14. The van der Waals surface area contributed by atoms with Gasteiger partial charge in [-0.3, -0.25) is 4.79 Å². The predicted octanol–water partition coefficient (Wildman–Crippen LogP) is 1.37. The van der Waals surface area contributed by atoms with E-state index in [4.69, 9.17) is 14.9 Å². The quantitative estimate of drug-likeness (QED) is 0.325. The van der Waals surface area contributed by atoms with Crippen molar-refractivity contribution in [2.24, 2.45) is 5.73 Å². The summed E-state index contributed by atoms with van der Waals surface area (Å²) in [5, 5.41) is 14.8. The number of unbranched alkanes of at least 4 members (excludes halogenated alkanes) is 1. The van der Waals surface area contributed by atoms with Crippen molar-refractivity contribution in [3.05, 3.63) is 39.2 Å². The fourth-order valence-electron chi connectivity index (χ4n) is 3.35. The van der Waals surface area contributed by atoms with Crippen molar-refractivity contribution in [2.75, 3.05) is 13.7 Å². The lowest BCUT2D eigenvalue weighted by Gasteiger charge is -2.15. The van der Waals surface area contributed by atoms with Gasteiger partial charge in [0.1, 0.15) is 17.4 Å². The van der Waals surface area contributed by atoms with Crippen molar-refractivity contribution in [3.8, 4) is 5.75 Å². The Morgan fingerprint density at radius 1 is 1.23 bits per heavy atom. The van der Waals surface area contributed by atoms with Crippen LogP contribution in [-0.2, 0) is 16.0 Å². The zero-order chi connectivity index (χ0) is 23.1. The average Bonchev–Trinajstić information content (AvgIpc) is 2.68. The van der Waals surface area contributed by atoms with Gasteiger partial charge in [0.05, 0.1) is 24.5 Å². The first-order chi connectivity index (χ1) is 14.6. The molecular weight excluding hydrogens is 406 g/mol. The molecule has 0 aliphatic rings. The highest BCUT2D eigenvalue weighted by Crippen LogP contribution is 2.30. The summed E-state index contributed by atoms with van der Waals surface area (Å²) in [4.78, 5) is 47.1. The largest absolute Gasteiger partial charge is 0.496 e. The summed E-state index contributed by atoms with van der Waals surface area (Å²) in [5.41, 5.74) is 6.21. The van der Waals surface area contributed by atoms with E-state index in [2.05, 4.69) is 10.6 Å². The van der Waals surface area contributed by atoms with E-state index < -0.39 is 29.6 Å². The molecule has 0 bridgehead atoms. The van der Waals surface area contributed by atoms with Crippen LogP contribution >= 0.6 is 0 Å². The van der Waals surface area contributed by atoms with Crippen molar-refractivity contribution < 1.29 is 28.6 Å². The Kier molecular flexibility index (Phi) is 8.00. The third kappa shape index (κ3) is 6.21. The molecule has 1 atom stereocenters. The smallest absolute Gasteiger partial charge is 0.340 e. The number of benzene rings is 1. The lowest BCUT2D eigenvalue weighted by atomic mass is 10.0. The van der Waals surface area contributed by atoms with Gasteiger partial charge in [-0.15, -0.1) is 0 Å². The fourth-order valence-corrected chi connectivity index (χ4v) is 3.35. The van der Waals surface area contributed by atoms with Crippen LogP contribution in [0.1, 0.15) is 36.0 Å². The van der Waals surface area contributed by atoms with Gasteiger partial charge < -0.3 is 30.6 Å². The summed E-state index contributed by atoms with van der Waals surface area (Å²) >= 11 is 0. The van der Waals surface area contributed by atoms with E-state index in [1.807, 2.05) is 6.92 Å². The highest BCUT2D eigenvalue weighted by atomic mass is 16.5. The topological polar surface area (TPSA) is 161 Å². The van der Waals surface area contributed by atoms with Crippen LogP contribution in [0, 0.1) is 13.8 Å². The van der Waals surface area contributed by atoms with Crippen LogP contribution in [0.25, 0.3) is 11.0 Å². The molecule has 10 heteroatoms. The van der Waals surface area contributed by atoms with Crippen LogP contribution in [0.4, 0.5) is 4.79 Å². The van der Waals surface area contributed by atoms with Crippen molar-refractivity contribution >= 4 is 28.9 Å². The number of carboxylic acid groups (broad SMARTS) is 1. The number of ether oxygens (including phenoxy) is 1. The number of carbonyl (C=O) groups is 3. The summed E-state index contributed by atoms with van der Waals surface area (Å²) in [5.74, 6) is -1.27. The van der Waals surface area contributed by atoms with Gasteiger partial charge >= 0.3 is 17.6 Å². The number of rotatable bonds is 10. The molecule has 0 saturated heterocycles. The van der Waals surface area contributed by atoms with Gasteiger partial charge in [0.15, 0.2) is 0 Å². The number of nitrogens with one attached hydrogen (secondary N) is 2. The van der Waals surface area contributed by atoms with Gasteiger partial charge in [0, 0.05) is 6.54 Å². The number of amides is 3. The fraction of sp³-hybridized carbons (Fsp3) is 0.429. The predicted molar refractivity (Wildman–Crippen MR) is 113 cm³/mol. The van der Waals surface area contributed by atoms with E-state index in [1.165, 1.54) is 7.11 Å². The SMILES string of the molecule is COc1cc(C)cc2oc(=O)c(CC(=O)N[C@H](CCCCNC(N)=O)C(=O)O)c(C)c12. The second kappa shape index (κ2) is 10.5. The maximum atomic E-state index is 12.5. The first-order valence-electron chi connectivity index (χ1n) is 9.80. The molecule has 5 N–H and O–H groups in total. The van der Waals surface area contributed by atoms with Gasteiger partial charge in [0.25, 0.3) is 0 Å². The summed E-state index contributed by atoms with van der Waals surface area (Å²) in [7, 11) is 1.50. The van der Waals surface area contributed by atoms with E-state index in [0.717, 1.165) is 5.56 Å². The maximum absolute atomic E-state index is 12.5. The zero-order valence-corrected chi connectivity index (χ0v) is 17.7. The van der Waals surface area contributed by atoms with E-state index in [-0.39, 0.29) is 18.4 Å². The molecular formula is C21H27N3O7. The maximum Gasteiger partial charge on any atom is 0.340 e. The van der Waals surface area contributed by atoms with Crippen LogP contribution in [0.15, 0.2) is 21.3 Å². The summed E-state index contributed by atoms with van der Waals surface area (Å²) in [6.45, 7) is 3.85. The van der Waals surface area contributed by atoms with Crippen LogP contribution in [0.3, 0.4) is 0 Å². The Labute approximate surface area is 178 Å². The number of primary amides is 1. The third-order valence-corrected chi connectivity index (χ3v) is 4.90. The summed E-state index contributed by atoms with van der Waals surface area (Å²) < 4.78 is 10.8. The number of hydrogen-bond acceptors (Lipinski definition) is 6. The van der Waals surface area contributed by atoms with Crippen molar-refractivity contribution in [2.45, 2.75) is 45.6 Å². The second-order valence-electron chi connectivity index (χ2n) is 7.26. The van der Waals surface area contributed by atoms with Crippen LogP contribution in [-0.4, -0.2) is 42.7 Å². The molecule has 1 aromatic carbocycles. The molecule has 0 radical (unpaired) electrons. The normalized spacial score (nSPS) is 11.7. The highest BCUT2D eigenvalue weighted by molar-refractivity contribution is 5.90. The number of aryl methyl sites for hydroxylation is 2. The molecule has 0 aliphatic carbocycles. The molecule has 0 unspecified atom stereocenters. The molecule has 0 spiro atoms. The minimum atomic E-state index is -1.18. The molecule has 1 heterocycles. The molecule has 168 valence electrons. The van der Waals surface area contributed by atoms with Crippen molar-refractivity contribution in [3.63, 3.8) is 0 Å². The number of fused-ring (bicyclic) bond motifs is 1. The zero-order valence-electron chi connectivity index (χ0n) is 17.7. The van der Waals surface area contributed by atoms with Gasteiger partial charge in [-0.1, -0.05) is 0 Å². The molecule has 0 fully saturated rings. The summed E-state index contributed by atoms with van der Waals surface area (Å²) in [6, 6.07) is 1.74. The number of hydrogen-bond donors (Lipinski definition) is 4. The van der Waals surface area contributed by atoms with E-state index >= 15 is 0 Å². The third-order valence-electron chi connectivity index (χ3n) is 4.90. The van der Waals surface area contributed by atoms with Crippen LogP contribution in [0.2, 0.25) is 0 Å². The van der Waals surface area contributed by atoms with Crippen LogP contribution in [0.5, 0.6) is 5.75 Å². The number of carboxylic acids is 1. The highest BCUT2D eigenvalue weighted by Gasteiger charge is 2.22. The number of urea groups is 1. The van der Waals surface area contributed by atoms with Gasteiger partial charge in [-0.25, -0.2) is 14.4 Å². The van der Waals surface area contributed by atoms with Gasteiger partial charge in [0.2, 0.25) is 5.91 Å². The summed E-state index contributed by atoms with van der Waals surface area (Å²) in [6.07, 6.45) is 0.800. The molecule has 0 aliphatic heterocycles. The Hall–Kier alpha value is -3.56. The van der Waals surface area contributed by atoms with E-state index in [9.17, 15) is 24.3 Å². The Bertz CT molecular complexity index is 1050.